The molecule has 0 atom stereocenters. The Morgan fingerprint density at radius 2 is 1.88 bits per heavy atom. The maximum Gasteiger partial charge on any atom is 0.180 e. The molecule has 0 fully saturated rings. The Hall–Kier alpha value is -3.94. The molecular weight excluding hydrogens is 328 g/mol. The molecule has 0 unspecified atom stereocenters. The van der Waals surface area contributed by atoms with Crippen molar-refractivity contribution in [2.75, 3.05) is 5.32 Å². The third-order valence-corrected chi connectivity index (χ3v) is 4.15. The largest absolute Gasteiger partial charge is 0.337 e. The first-order valence-corrected chi connectivity index (χ1v) is 8.05. The van der Waals surface area contributed by atoms with Crippen LogP contribution < -0.4 is 5.32 Å². The molecule has 0 aliphatic rings. The van der Waals surface area contributed by atoms with Crippen molar-refractivity contribution >= 4 is 17.2 Å². The Balaban J connectivity index is 1.48. The Kier molecular flexibility index (Phi) is 3.24. The summed E-state index contributed by atoms with van der Waals surface area (Å²) in [6, 6.07) is 8.04. The van der Waals surface area contributed by atoms with Gasteiger partial charge in [-0.2, -0.15) is 5.10 Å². The normalized spacial score (nSPS) is 11.1. The molecule has 4 aromatic heterocycles. The monoisotopic (exact) mass is 342 g/mol. The van der Waals surface area contributed by atoms with Gasteiger partial charge in [-0.3, -0.25) is 9.50 Å². The summed E-state index contributed by atoms with van der Waals surface area (Å²) in [5.41, 5.74) is 4.61. The highest BCUT2D eigenvalue weighted by atomic mass is 15.1. The van der Waals surface area contributed by atoms with E-state index in [1.165, 1.54) is 0 Å². The van der Waals surface area contributed by atoms with Gasteiger partial charge in [0.05, 0.1) is 24.4 Å². The number of anilines is 2. The Morgan fingerprint density at radius 1 is 0.962 bits per heavy atom. The summed E-state index contributed by atoms with van der Waals surface area (Å²) in [6.07, 6.45) is 14.5. The van der Waals surface area contributed by atoms with E-state index >= 15 is 0 Å². The zero-order valence-electron chi connectivity index (χ0n) is 13.6. The van der Waals surface area contributed by atoms with E-state index < -0.39 is 0 Å². The van der Waals surface area contributed by atoms with Crippen LogP contribution in [0.2, 0.25) is 0 Å². The van der Waals surface area contributed by atoms with Crippen molar-refractivity contribution in [3.63, 3.8) is 0 Å². The summed E-state index contributed by atoms with van der Waals surface area (Å²) in [4.78, 5) is 13.1. The van der Waals surface area contributed by atoms with Crippen molar-refractivity contribution in [3.05, 3.63) is 74.0 Å². The fraction of sp³-hybridized carbons (Fsp3) is 0. The van der Waals surface area contributed by atoms with Crippen molar-refractivity contribution in [1.29, 1.82) is 0 Å². The second kappa shape index (κ2) is 5.85. The molecule has 0 spiro atoms. The molecule has 0 amide bonds. The van der Waals surface area contributed by atoms with E-state index in [2.05, 4.69) is 30.5 Å². The summed E-state index contributed by atoms with van der Waals surface area (Å²) in [5, 5.41) is 10.2. The molecule has 2 N–H and O–H groups in total. The average molecular weight is 342 g/mol. The van der Waals surface area contributed by atoms with Crippen LogP contribution in [0.15, 0.2) is 74.0 Å². The van der Waals surface area contributed by atoms with Crippen molar-refractivity contribution in [1.82, 2.24) is 34.1 Å². The molecule has 5 aromatic rings. The molecule has 8 heteroatoms. The van der Waals surface area contributed by atoms with Crippen LogP contribution >= 0.6 is 0 Å². The lowest BCUT2D eigenvalue weighted by Crippen LogP contribution is -2.00. The van der Waals surface area contributed by atoms with Gasteiger partial charge in [-0.1, -0.05) is 0 Å². The Labute approximate surface area is 148 Å². The highest BCUT2D eigenvalue weighted by Crippen LogP contribution is 2.25. The maximum absolute atomic E-state index is 4.55. The Bertz CT molecular complexity index is 1140. The summed E-state index contributed by atoms with van der Waals surface area (Å²) in [6.45, 7) is 0. The number of nitrogens with one attached hydrogen (secondary N) is 2. The van der Waals surface area contributed by atoms with E-state index in [9.17, 15) is 0 Å². The van der Waals surface area contributed by atoms with E-state index in [4.69, 9.17) is 0 Å². The minimum Gasteiger partial charge on any atom is -0.337 e. The number of aromatic nitrogens is 7. The quantitative estimate of drug-likeness (QED) is 0.524. The van der Waals surface area contributed by atoms with Crippen LogP contribution in [-0.4, -0.2) is 34.1 Å². The molecule has 4 heterocycles. The van der Waals surface area contributed by atoms with Crippen LogP contribution in [0.1, 0.15) is 0 Å². The number of fused-ring (bicyclic) bond motifs is 1. The van der Waals surface area contributed by atoms with Crippen LogP contribution in [0.4, 0.5) is 11.5 Å². The molecule has 1 aromatic carbocycles. The van der Waals surface area contributed by atoms with Crippen LogP contribution in [0.25, 0.3) is 22.6 Å². The summed E-state index contributed by atoms with van der Waals surface area (Å²) < 4.78 is 3.94. The number of H-pyrrole nitrogens is 1. The zero-order chi connectivity index (χ0) is 17.3. The SMILES string of the molecule is c1cn(-c2ccc(Nc3ncc(-c4cn[nH]c4)n4ccnc34)cc2)cn1. The molecule has 26 heavy (non-hydrogen) atoms. The first kappa shape index (κ1) is 14.4. The van der Waals surface area contributed by atoms with E-state index in [0.29, 0.717) is 5.82 Å². The third-order valence-electron chi connectivity index (χ3n) is 4.15. The van der Waals surface area contributed by atoms with Crippen LogP contribution in [0.5, 0.6) is 0 Å². The highest BCUT2D eigenvalue weighted by molar-refractivity contribution is 5.74. The maximum atomic E-state index is 4.55. The molecule has 0 radical (unpaired) electrons. The van der Waals surface area contributed by atoms with Crippen molar-refractivity contribution in [3.8, 4) is 16.9 Å². The van der Waals surface area contributed by atoms with Crippen molar-refractivity contribution < 1.29 is 0 Å². The number of benzene rings is 1. The number of hydrogen-bond donors (Lipinski definition) is 2. The summed E-state index contributed by atoms with van der Waals surface area (Å²) >= 11 is 0. The molecule has 5 rings (SSSR count). The van der Waals surface area contributed by atoms with Crippen molar-refractivity contribution in [2.24, 2.45) is 0 Å². The van der Waals surface area contributed by atoms with Gasteiger partial charge >= 0.3 is 0 Å². The van der Waals surface area contributed by atoms with Gasteiger partial charge in [0, 0.05) is 47.9 Å². The lowest BCUT2D eigenvalue weighted by Gasteiger charge is -2.10. The highest BCUT2D eigenvalue weighted by Gasteiger charge is 2.11. The molecule has 8 nitrogen and oxygen atoms in total. The number of aromatic amines is 1. The van der Waals surface area contributed by atoms with Gasteiger partial charge in [-0.05, 0) is 24.3 Å². The molecule has 0 aliphatic carbocycles. The molecular formula is C18H14N8. The molecule has 0 bridgehead atoms. The first-order chi connectivity index (χ1) is 12.9. The summed E-state index contributed by atoms with van der Waals surface area (Å²) in [7, 11) is 0. The lowest BCUT2D eigenvalue weighted by atomic mass is 10.2. The fourth-order valence-corrected chi connectivity index (χ4v) is 2.88. The van der Waals surface area contributed by atoms with E-state index in [-0.39, 0.29) is 0 Å². The van der Waals surface area contributed by atoms with Crippen molar-refractivity contribution in [2.45, 2.75) is 0 Å². The van der Waals surface area contributed by atoms with Gasteiger partial charge in [-0.25, -0.2) is 15.0 Å². The average Bonchev–Trinajstić information content (AvgIpc) is 3.43. The number of nitrogens with zero attached hydrogens (tertiary/aromatic N) is 6. The minimum absolute atomic E-state index is 0.692. The van der Waals surface area contributed by atoms with E-state index in [1.54, 1.807) is 24.9 Å². The van der Waals surface area contributed by atoms with Gasteiger partial charge in [0.25, 0.3) is 0 Å². The molecule has 0 saturated carbocycles. The predicted molar refractivity (Wildman–Crippen MR) is 97.4 cm³/mol. The van der Waals surface area contributed by atoms with Gasteiger partial charge in [0.15, 0.2) is 11.5 Å². The second-order valence-electron chi connectivity index (χ2n) is 5.74. The fourth-order valence-electron chi connectivity index (χ4n) is 2.88. The van der Waals surface area contributed by atoms with E-state index in [1.807, 2.05) is 58.0 Å². The topological polar surface area (TPSA) is 88.7 Å². The number of imidazole rings is 2. The number of rotatable bonds is 4. The minimum atomic E-state index is 0.692. The van der Waals surface area contributed by atoms with Gasteiger partial charge < -0.3 is 9.88 Å². The molecule has 0 saturated heterocycles. The predicted octanol–water partition coefficient (Wildman–Crippen LogP) is 3.05. The van der Waals surface area contributed by atoms with E-state index in [0.717, 1.165) is 28.3 Å². The molecule has 0 aliphatic heterocycles. The van der Waals surface area contributed by atoms with Gasteiger partial charge in [0.2, 0.25) is 0 Å². The third kappa shape index (κ3) is 2.40. The van der Waals surface area contributed by atoms with Gasteiger partial charge in [-0.15, -0.1) is 0 Å². The standard InChI is InChI=1S/C18H14N8/c1-3-15(25-7-5-19-12-25)4-2-14(1)24-17-18-20-6-8-26(18)16(11-21-17)13-9-22-23-10-13/h1-12H,(H,21,24)(H,22,23). The number of hydrogen-bond acceptors (Lipinski definition) is 5. The first-order valence-electron chi connectivity index (χ1n) is 8.05. The van der Waals surface area contributed by atoms with Crippen LogP contribution in [-0.2, 0) is 0 Å². The zero-order valence-corrected chi connectivity index (χ0v) is 13.6. The van der Waals surface area contributed by atoms with Crippen LogP contribution in [0.3, 0.4) is 0 Å². The lowest BCUT2D eigenvalue weighted by molar-refractivity contribution is 1.06. The van der Waals surface area contributed by atoms with Crippen LogP contribution in [0, 0.1) is 0 Å². The molecule has 126 valence electrons. The summed E-state index contributed by atoms with van der Waals surface area (Å²) in [5.74, 6) is 0.692. The van der Waals surface area contributed by atoms with Gasteiger partial charge in [0.1, 0.15) is 0 Å². The second-order valence-corrected chi connectivity index (χ2v) is 5.74. The smallest absolute Gasteiger partial charge is 0.180 e. The Morgan fingerprint density at radius 3 is 2.65 bits per heavy atom.